The fourth-order valence-corrected chi connectivity index (χ4v) is 21.2. The molecule has 0 bridgehead atoms. The van der Waals surface area contributed by atoms with Crippen LogP contribution in [0.3, 0.4) is 0 Å². The molecule has 0 N–H and O–H groups in total. The van der Waals surface area contributed by atoms with Crippen LogP contribution in [-0.4, -0.2) is 24.1 Å². The van der Waals surface area contributed by atoms with Gasteiger partial charge >= 0.3 is 11.9 Å². The zero-order valence-electron chi connectivity index (χ0n) is 43.8. The minimum Gasteiger partial charge on any atom is -0.462 e. The van der Waals surface area contributed by atoms with Gasteiger partial charge in [0.15, 0.2) is 0 Å². The van der Waals surface area contributed by atoms with Crippen molar-refractivity contribution in [2.45, 2.75) is 243 Å². The molecule has 362 valence electrons. The predicted octanol–water partition coefficient (Wildman–Crippen LogP) is 16.0. The minimum absolute atomic E-state index is 0.0202. The lowest BCUT2D eigenvalue weighted by molar-refractivity contribution is -0.252. The van der Waals surface area contributed by atoms with E-state index in [9.17, 15) is 4.79 Å². The monoisotopic (exact) mass is 883 g/mol. The molecule has 0 aromatic carbocycles. The quantitative estimate of drug-likeness (QED) is 0.162. The molecule has 64 heavy (non-hydrogen) atoms. The Hall–Kier alpha value is -1.32. The van der Waals surface area contributed by atoms with Crippen LogP contribution < -0.4 is 0 Å². The summed E-state index contributed by atoms with van der Waals surface area (Å²) < 4.78 is 13.2. The Kier molecular flexibility index (Phi) is 12.4. The van der Waals surface area contributed by atoms with E-state index in [1.165, 1.54) is 89.9 Å². The fourth-order valence-electron chi connectivity index (χ4n) is 21.2. The lowest BCUT2D eigenvalue weighted by atomic mass is 9.32. The summed E-state index contributed by atoms with van der Waals surface area (Å²) in [5.41, 5.74) is 2.80. The maximum Gasteiger partial charge on any atom is 0.312 e. The molecule has 0 aromatic rings. The van der Waals surface area contributed by atoms with Gasteiger partial charge in [0.05, 0.1) is 5.41 Å². The molecule has 8 fully saturated rings. The van der Waals surface area contributed by atoms with Crippen molar-refractivity contribution in [2.24, 2.45) is 109 Å². The highest BCUT2D eigenvalue weighted by Crippen LogP contribution is 2.78. The maximum absolute atomic E-state index is 15.4. The third-order valence-electron chi connectivity index (χ3n) is 24.8. The summed E-state index contributed by atoms with van der Waals surface area (Å²) in [6, 6.07) is 0. The van der Waals surface area contributed by atoms with Gasteiger partial charge < -0.3 is 9.47 Å². The van der Waals surface area contributed by atoms with Gasteiger partial charge in [-0.2, -0.15) is 0 Å². The van der Waals surface area contributed by atoms with E-state index in [0.717, 1.165) is 80.5 Å². The van der Waals surface area contributed by atoms with E-state index in [1.54, 1.807) is 5.57 Å². The first kappa shape index (κ1) is 47.7. The molecule has 9 aliphatic rings. The second-order valence-corrected chi connectivity index (χ2v) is 28.0. The standard InChI is InChI=1S/C60H98O4/c1-14-51(61)64-50-28-31-57(11)48(54(50,7)8)27-32-59(13)49(57)23-22-47-52-42(38(4)5)25-33-60(52,35-34-58(47,59)12)53(62)63-41-24-29-55(9)40(36-41)18-19-43-45-21-20-44(39(6)17-15-16-37(2)3)56(45,10)30-26-46(43)55/h18,37-39,41-50,52H,14-17,19-36H2,1-13H3/t39-,41-,42+,43+,44-,45+,46+,47-,48?,49-,50+,52?,55+,56-,57+,58-,59-,60+/m1/s1. The molecule has 18 atom stereocenters. The lowest BCUT2D eigenvalue weighted by Gasteiger charge is -2.72. The van der Waals surface area contributed by atoms with Crippen molar-refractivity contribution in [3.8, 4) is 0 Å². The largest absolute Gasteiger partial charge is 0.462 e. The van der Waals surface area contributed by atoms with Crippen LogP contribution in [0.4, 0.5) is 0 Å². The van der Waals surface area contributed by atoms with Gasteiger partial charge in [-0.25, -0.2) is 0 Å². The first-order valence-electron chi connectivity index (χ1n) is 28.2. The van der Waals surface area contributed by atoms with Crippen molar-refractivity contribution in [3.05, 3.63) is 11.6 Å². The van der Waals surface area contributed by atoms with Gasteiger partial charge in [0.1, 0.15) is 12.2 Å². The van der Waals surface area contributed by atoms with Gasteiger partial charge in [0, 0.05) is 18.3 Å². The van der Waals surface area contributed by atoms with Crippen molar-refractivity contribution in [1.82, 2.24) is 0 Å². The van der Waals surface area contributed by atoms with Crippen molar-refractivity contribution in [2.75, 3.05) is 0 Å². The molecule has 0 aliphatic heterocycles. The van der Waals surface area contributed by atoms with Crippen LogP contribution in [0.1, 0.15) is 231 Å². The average molecular weight is 883 g/mol. The van der Waals surface area contributed by atoms with Crippen molar-refractivity contribution in [3.63, 3.8) is 0 Å². The van der Waals surface area contributed by atoms with E-state index in [1.807, 2.05) is 6.92 Å². The maximum atomic E-state index is 15.4. The van der Waals surface area contributed by atoms with Crippen molar-refractivity contribution >= 4 is 11.9 Å². The molecule has 0 saturated heterocycles. The number of fused-ring (bicyclic) bond motifs is 12. The van der Waals surface area contributed by atoms with E-state index >= 15 is 4.79 Å². The molecule has 9 rings (SSSR count). The molecule has 0 spiro atoms. The van der Waals surface area contributed by atoms with Gasteiger partial charge in [-0.3, -0.25) is 9.59 Å². The topological polar surface area (TPSA) is 52.6 Å². The molecule has 8 saturated carbocycles. The zero-order chi connectivity index (χ0) is 46.0. The van der Waals surface area contributed by atoms with Gasteiger partial charge in [-0.05, 0) is 207 Å². The highest BCUT2D eigenvalue weighted by molar-refractivity contribution is 5.78. The summed E-state index contributed by atoms with van der Waals surface area (Å²) in [5.74, 6) is 8.66. The van der Waals surface area contributed by atoms with Gasteiger partial charge in [-0.1, -0.05) is 121 Å². The predicted molar refractivity (Wildman–Crippen MR) is 262 cm³/mol. The van der Waals surface area contributed by atoms with E-state index in [-0.39, 0.29) is 56.6 Å². The Bertz CT molecular complexity index is 1790. The van der Waals surface area contributed by atoms with Crippen molar-refractivity contribution < 1.29 is 19.1 Å². The molecular weight excluding hydrogens is 785 g/mol. The number of hydrogen-bond donors (Lipinski definition) is 0. The fraction of sp³-hybridized carbons (Fsp3) is 0.933. The smallest absolute Gasteiger partial charge is 0.312 e. The molecule has 2 unspecified atom stereocenters. The van der Waals surface area contributed by atoms with Crippen molar-refractivity contribution in [1.29, 1.82) is 0 Å². The molecule has 0 amide bonds. The Morgan fingerprint density at radius 1 is 0.672 bits per heavy atom. The molecule has 4 nitrogen and oxygen atoms in total. The number of rotatable bonds is 10. The number of esters is 2. The number of carbonyl (C=O) groups excluding carboxylic acids is 2. The minimum atomic E-state index is -0.321. The number of ether oxygens (including phenoxy) is 2. The summed E-state index contributed by atoms with van der Waals surface area (Å²) >= 11 is 0. The third kappa shape index (κ3) is 7.00. The van der Waals surface area contributed by atoms with Gasteiger partial charge in [0.2, 0.25) is 0 Å². The summed E-state index contributed by atoms with van der Waals surface area (Å²) in [5, 5.41) is 0. The summed E-state index contributed by atoms with van der Waals surface area (Å²) in [7, 11) is 0. The molecule has 0 heterocycles. The highest BCUT2D eigenvalue weighted by Gasteiger charge is 2.73. The Morgan fingerprint density at radius 2 is 1.41 bits per heavy atom. The van der Waals surface area contributed by atoms with Crippen LogP contribution in [0.25, 0.3) is 0 Å². The van der Waals surface area contributed by atoms with E-state index in [2.05, 4.69) is 89.2 Å². The lowest BCUT2D eigenvalue weighted by Crippen LogP contribution is -2.67. The number of carbonyl (C=O) groups is 2. The third-order valence-corrected chi connectivity index (χ3v) is 24.8. The second kappa shape index (κ2) is 16.7. The molecule has 9 aliphatic carbocycles. The van der Waals surface area contributed by atoms with E-state index in [4.69, 9.17) is 9.47 Å². The zero-order valence-corrected chi connectivity index (χ0v) is 43.8. The van der Waals surface area contributed by atoms with Crippen LogP contribution in [0.15, 0.2) is 11.6 Å². The number of allylic oxidation sites excluding steroid dienone is 1. The Morgan fingerprint density at radius 3 is 2.12 bits per heavy atom. The average Bonchev–Trinajstić information content (AvgIpc) is 3.81. The SMILES string of the molecule is CCC(=O)O[C@H]1CC[C@@]2(C)C(CC[C@]3(C)[C@@H]2CC[C@@H]2C4[C@H](C(C)C)CC[C@]4(C(=O)O[C@@H]4CC[C@@]5(C)C(=CC[C@H]6[C@@H]7CC[C@H]([C@H](C)CCCC(C)C)[C@@]7(C)CC[C@@H]65)C4)CC[C@]23C)C1(C)C. The van der Waals surface area contributed by atoms with E-state index in [0.29, 0.717) is 47.3 Å². The van der Waals surface area contributed by atoms with Crippen LogP contribution >= 0.6 is 0 Å². The number of hydrogen-bond acceptors (Lipinski definition) is 4. The summed E-state index contributed by atoms with van der Waals surface area (Å²) in [6.07, 6.45) is 29.2. The Labute approximate surface area is 393 Å². The van der Waals surface area contributed by atoms with E-state index < -0.39 is 0 Å². The normalized spacial score (nSPS) is 49.5. The molecular formula is C60H98O4. The van der Waals surface area contributed by atoms with Crippen LogP contribution in [0, 0.1) is 109 Å². The van der Waals surface area contributed by atoms with Gasteiger partial charge in [0.25, 0.3) is 0 Å². The Balaban J connectivity index is 0.904. The van der Waals surface area contributed by atoms with Crippen LogP contribution in [-0.2, 0) is 19.1 Å². The summed E-state index contributed by atoms with van der Waals surface area (Å²) in [4.78, 5) is 27.9. The van der Waals surface area contributed by atoms with Crippen LogP contribution in [0.5, 0.6) is 0 Å². The first-order valence-corrected chi connectivity index (χ1v) is 28.2. The van der Waals surface area contributed by atoms with Gasteiger partial charge in [-0.15, -0.1) is 0 Å². The summed E-state index contributed by atoms with van der Waals surface area (Å²) in [6.45, 7) is 32.6. The molecule has 0 aromatic heterocycles. The highest BCUT2D eigenvalue weighted by atomic mass is 16.5. The molecule has 4 heteroatoms. The van der Waals surface area contributed by atoms with Crippen LogP contribution in [0.2, 0.25) is 0 Å². The second-order valence-electron chi connectivity index (χ2n) is 28.0. The first-order chi connectivity index (χ1) is 30.1. The molecule has 0 radical (unpaired) electrons.